The second-order valence-electron chi connectivity index (χ2n) is 7.14. The molecule has 4 rings (SSSR count). The largest absolute Gasteiger partial charge is 0.495 e. The van der Waals surface area contributed by atoms with Crippen LogP contribution in [-0.2, 0) is 16.4 Å². The van der Waals surface area contributed by atoms with Crippen LogP contribution in [0.3, 0.4) is 0 Å². The minimum Gasteiger partial charge on any atom is -0.495 e. The van der Waals surface area contributed by atoms with E-state index in [9.17, 15) is 13.2 Å². The Morgan fingerprint density at radius 3 is 2.53 bits per heavy atom. The number of nitrogens with zero attached hydrogens (tertiary/aromatic N) is 1. The lowest BCUT2D eigenvalue weighted by Crippen LogP contribution is -2.29. The third-order valence-corrected chi connectivity index (χ3v) is 6.96. The number of aryl methyl sites for hydroxylation is 1. The number of fused-ring (bicyclic) bond motifs is 1. The Balaban J connectivity index is 1.60. The number of methoxy groups -OCH3 is 1. The van der Waals surface area contributed by atoms with Crippen LogP contribution >= 0.6 is 0 Å². The zero-order chi connectivity index (χ0) is 21.3. The number of rotatable bonds is 5. The molecule has 0 bridgehead atoms. The summed E-state index contributed by atoms with van der Waals surface area (Å²) in [6, 6.07) is 19.0. The molecule has 1 aliphatic rings. The topological polar surface area (TPSA) is 75.7 Å². The molecule has 1 aliphatic heterocycles. The van der Waals surface area contributed by atoms with Gasteiger partial charge in [-0.15, -0.1) is 0 Å². The van der Waals surface area contributed by atoms with Crippen LogP contribution in [0, 0.1) is 6.92 Å². The van der Waals surface area contributed by atoms with Gasteiger partial charge in [-0.2, -0.15) is 0 Å². The smallest absolute Gasteiger partial charge is 0.264 e. The third kappa shape index (κ3) is 3.64. The standard InChI is InChI=1S/C23H22N2O4S/c1-16-8-11-22(29-2)20(14-16)24-23(26)18-9-10-21-17(15-18)12-13-25(21)30(27,28)19-6-4-3-5-7-19/h3-11,14-15H,12-13H2,1-2H3,(H,24,26). The molecule has 6 nitrogen and oxygen atoms in total. The summed E-state index contributed by atoms with van der Waals surface area (Å²) in [5, 5.41) is 2.88. The monoisotopic (exact) mass is 422 g/mol. The Hall–Kier alpha value is -3.32. The number of ether oxygens (including phenoxy) is 1. The molecule has 0 fully saturated rings. The fourth-order valence-corrected chi connectivity index (χ4v) is 5.12. The molecule has 3 aromatic carbocycles. The molecular formula is C23H22N2O4S. The number of amides is 1. The lowest BCUT2D eigenvalue weighted by atomic mass is 10.1. The number of anilines is 2. The molecule has 0 aromatic heterocycles. The van der Waals surface area contributed by atoms with Crippen LogP contribution in [0.2, 0.25) is 0 Å². The maximum atomic E-state index is 13.0. The van der Waals surface area contributed by atoms with Crippen LogP contribution in [0.4, 0.5) is 11.4 Å². The maximum absolute atomic E-state index is 13.0. The summed E-state index contributed by atoms with van der Waals surface area (Å²) in [7, 11) is -2.08. The Labute approximate surface area is 176 Å². The van der Waals surface area contributed by atoms with Gasteiger partial charge in [0.15, 0.2) is 0 Å². The molecule has 0 unspecified atom stereocenters. The maximum Gasteiger partial charge on any atom is 0.264 e. The first-order chi connectivity index (χ1) is 14.4. The quantitative estimate of drug-likeness (QED) is 0.674. The molecule has 0 atom stereocenters. The minimum atomic E-state index is -3.63. The van der Waals surface area contributed by atoms with Gasteiger partial charge in [0.05, 0.1) is 23.4 Å². The highest BCUT2D eigenvalue weighted by Gasteiger charge is 2.31. The van der Waals surface area contributed by atoms with Crippen molar-refractivity contribution in [2.75, 3.05) is 23.3 Å². The van der Waals surface area contributed by atoms with E-state index in [0.29, 0.717) is 35.7 Å². The highest BCUT2D eigenvalue weighted by atomic mass is 32.2. The van der Waals surface area contributed by atoms with E-state index in [2.05, 4.69) is 5.32 Å². The van der Waals surface area contributed by atoms with Gasteiger partial charge in [0.1, 0.15) is 5.75 Å². The number of sulfonamides is 1. The molecular weight excluding hydrogens is 400 g/mol. The second-order valence-corrected chi connectivity index (χ2v) is 9.00. The van der Waals surface area contributed by atoms with Crippen LogP contribution in [0.25, 0.3) is 0 Å². The van der Waals surface area contributed by atoms with Gasteiger partial charge in [0, 0.05) is 12.1 Å². The minimum absolute atomic E-state index is 0.256. The van der Waals surface area contributed by atoms with E-state index >= 15 is 0 Å². The Morgan fingerprint density at radius 1 is 1.03 bits per heavy atom. The van der Waals surface area contributed by atoms with Crippen LogP contribution in [0.1, 0.15) is 21.5 Å². The van der Waals surface area contributed by atoms with E-state index in [1.807, 2.05) is 19.1 Å². The van der Waals surface area contributed by atoms with Crippen molar-refractivity contribution >= 4 is 27.3 Å². The van der Waals surface area contributed by atoms with Crippen molar-refractivity contribution in [3.8, 4) is 5.75 Å². The average molecular weight is 423 g/mol. The van der Waals surface area contributed by atoms with Crippen molar-refractivity contribution in [3.05, 3.63) is 83.4 Å². The molecule has 0 aliphatic carbocycles. The van der Waals surface area contributed by atoms with Crippen molar-refractivity contribution in [2.24, 2.45) is 0 Å². The fraction of sp³-hybridized carbons (Fsp3) is 0.174. The molecule has 154 valence electrons. The molecule has 3 aromatic rings. The first-order valence-electron chi connectivity index (χ1n) is 9.57. The number of carbonyl (C=O) groups is 1. The number of nitrogens with one attached hydrogen (secondary N) is 1. The summed E-state index contributed by atoms with van der Waals surface area (Å²) in [5.41, 5.74) is 3.51. The van der Waals surface area contributed by atoms with Crippen LogP contribution in [0.5, 0.6) is 5.75 Å². The van der Waals surface area contributed by atoms with Gasteiger partial charge in [-0.1, -0.05) is 24.3 Å². The van der Waals surface area contributed by atoms with Gasteiger partial charge in [-0.05, 0) is 66.9 Å². The van der Waals surface area contributed by atoms with E-state index < -0.39 is 10.0 Å². The van der Waals surface area contributed by atoms with Gasteiger partial charge in [-0.25, -0.2) is 8.42 Å². The van der Waals surface area contributed by atoms with E-state index in [1.165, 1.54) is 4.31 Å². The van der Waals surface area contributed by atoms with E-state index in [4.69, 9.17) is 4.74 Å². The van der Waals surface area contributed by atoms with Gasteiger partial charge in [0.25, 0.3) is 15.9 Å². The first kappa shape index (κ1) is 20.0. The summed E-state index contributed by atoms with van der Waals surface area (Å²) in [4.78, 5) is 13.1. The van der Waals surface area contributed by atoms with E-state index in [0.717, 1.165) is 11.1 Å². The molecule has 1 N–H and O–H groups in total. The van der Waals surface area contributed by atoms with E-state index in [-0.39, 0.29) is 10.8 Å². The zero-order valence-corrected chi connectivity index (χ0v) is 17.6. The highest BCUT2D eigenvalue weighted by molar-refractivity contribution is 7.92. The van der Waals surface area contributed by atoms with E-state index in [1.54, 1.807) is 61.7 Å². The predicted molar refractivity (Wildman–Crippen MR) is 117 cm³/mol. The number of carbonyl (C=O) groups excluding carboxylic acids is 1. The lowest BCUT2D eigenvalue weighted by molar-refractivity contribution is 0.102. The Bertz CT molecular complexity index is 1210. The number of benzene rings is 3. The summed E-state index contributed by atoms with van der Waals surface area (Å²) in [5.74, 6) is 0.307. The average Bonchev–Trinajstić information content (AvgIpc) is 3.18. The molecule has 1 amide bonds. The van der Waals surface area contributed by atoms with Gasteiger partial charge in [0.2, 0.25) is 0 Å². The lowest BCUT2D eigenvalue weighted by Gasteiger charge is -2.19. The van der Waals surface area contributed by atoms with Gasteiger partial charge < -0.3 is 10.1 Å². The second kappa shape index (κ2) is 7.84. The van der Waals surface area contributed by atoms with Crippen LogP contribution < -0.4 is 14.4 Å². The van der Waals surface area contributed by atoms with Crippen LogP contribution in [-0.4, -0.2) is 28.0 Å². The van der Waals surface area contributed by atoms with Gasteiger partial charge >= 0.3 is 0 Å². The van der Waals surface area contributed by atoms with Gasteiger partial charge in [-0.3, -0.25) is 9.10 Å². The molecule has 0 saturated heterocycles. The summed E-state index contributed by atoms with van der Waals surface area (Å²) in [6.45, 7) is 2.29. The van der Waals surface area contributed by atoms with Crippen molar-refractivity contribution in [1.29, 1.82) is 0 Å². The zero-order valence-electron chi connectivity index (χ0n) is 16.8. The Kier molecular flexibility index (Phi) is 5.22. The molecule has 0 saturated carbocycles. The number of hydrogen-bond acceptors (Lipinski definition) is 4. The normalized spacial score (nSPS) is 13.1. The van der Waals surface area contributed by atoms with Crippen molar-refractivity contribution < 1.29 is 17.9 Å². The SMILES string of the molecule is COc1ccc(C)cc1NC(=O)c1ccc2c(c1)CCN2S(=O)(=O)c1ccccc1. The molecule has 7 heteroatoms. The Morgan fingerprint density at radius 2 is 1.80 bits per heavy atom. The highest BCUT2D eigenvalue weighted by Crippen LogP contribution is 2.34. The van der Waals surface area contributed by atoms with Crippen molar-refractivity contribution in [3.63, 3.8) is 0 Å². The number of hydrogen-bond donors (Lipinski definition) is 1. The summed E-state index contributed by atoms with van der Waals surface area (Å²) < 4.78 is 32.7. The third-order valence-electron chi connectivity index (χ3n) is 5.13. The summed E-state index contributed by atoms with van der Waals surface area (Å²) in [6.07, 6.45) is 0.552. The molecule has 0 spiro atoms. The summed E-state index contributed by atoms with van der Waals surface area (Å²) >= 11 is 0. The molecule has 0 radical (unpaired) electrons. The fourth-order valence-electron chi connectivity index (χ4n) is 3.60. The molecule has 1 heterocycles. The predicted octanol–water partition coefficient (Wildman–Crippen LogP) is 4.01. The van der Waals surface area contributed by atoms with Crippen molar-refractivity contribution in [1.82, 2.24) is 0 Å². The first-order valence-corrected chi connectivity index (χ1v) is 11.0. The molecule has 30 heavy (non-hydrogen) atoms. The van der Waals surface area contributed by atoms with Crippen molar-refractivity contribution in [2.45, 2.75) is 18.2 Å². The van der Waals surface area contributed by atoms with Crippen LogP contribution in [0.15, 0.2) is 71.6 Å².